The van der Waals surface area contributed by atoms with Gasteiger partial charge in [0.05, 0.1) is 5.71 Å². The number of benzene rings is 1. The van der Waals surface area contributed by atoms with Crippen LogP contribution in [0.5, 0.6) is 0 Å². The molecule has 12 heteroatoms. The number of anilines is 1. The summed E-state index contributed by atoms with van der Waals surface area (Å²) in [6, 6.07) is 0.944. The lowest BCUT2D eigenvalue weighted by Gasteiger charge is -2.38. The van der Waals surface area contributed by atoms with Crippen LogP contribution in [0.3, 0.4) is 0 Å². The van der Waals surface area contributed by atoms with Crippen LogP contribution < -0.4 is 4.90 Å². The van der Waals surface area contributed by atoms with Crippen molar-refractivity contribution in [2.45, 2.75) is 44.3 Å². The Hall–Kier alpha value is -2.63. The van der Waals surface area contributed by atoms with Gasteiger partial charge in [-0.15, -0.1) is 0 Å². The van der Waals surface area contributed by atoms with Gasteiger partial charge in [-0.1, -0.05) is 19.9 Å². The van der Waals surface area contributed by atoms with Crippen LogP contribution in [0.15, 0.2) is 35.6 Å². The second kappa shape index (κ2) is 9.08. The first-order valence-corrected chi connectivity index (χ1v) is 9.33. The summed E-state index contributed by atoms with van der Waals surface area (Å²) in [5.74, 6) is -1.84. The fraction of sp³-hybridized carbons (Fsp3) is 0.500. The quantitative estimate of drug-likeness (QED) is 0.570. The van der Waals surface area contributed by atoms with Crippen LogP contribution in [-0.4, -0.2) is 49.0 Å². The Balaban J connectivity index is 2.76. The van der Waals surface area contributed by atoms with Crippen molar-refractivity contribution >= 4 is 17.4 Å². The first-order valence-electron chi connectivity index (χ1n) is 9.33. The van der Waals surface area contributed by atoms with Gasteiger partial charge in [-0.2, -0.15) is 26.3 Å². The Bertz CT molecular complexity index is 893. The molecule has 1 unspecified atom stereocenters. The Morgan fingerprint density at radius 1 is 1.19 bits per heavy atom. The van der Waals surface area contributed by atoms with Crippen molar-refractivity contribution in [3.8, 4) is 0 Å². The molecule has 1 N–H and O–H groups in total. The first kappa shape index (κ1) is 25.6. The third-order valence-electron chi connectivity index (χ3n) is 4.93. The highest BCUT2D eigenvalue weighted by Crippen LogP contribution is 2.54. The number of ether oxygens (including phenoxy) is 1. The summed E-state index contributed by atoms with van der Waals surface area (Å²) in [7, 11) is 0.325. The summed E-state index contributed by atoms with van der Waals surface area (Å²) in [6.45, 7) is 1.99. The number of rotatable bonds is 7. The minimum absolute atomic E-state index is 0.0387. The number of carboxylic acids is 1. The molecule has 0 radical (unpaired) electrons. The molecule has 0 aliphatic carbocycles. The number of aliphatic imine (C=N–C) groups is 1. The average Bonchev–Trinajstić information content (AvgIpc) is 2.66. The maximum atomic E-state index is 13.8. The number of alkyl halides is 7. The molecule has 1 aromatic carbocycles. The standard InChI is InChI=1S/C20H21F7N2O3/c1-11(2)8-12-9-13(29-7-6-28-15(10-21)16(29)17(30)31)4-5-14(12)18(32-3,19(22,23)24)20(25,26)27/h4-7,9,11,16H,8,10H2,1-3H3,(H,30,31). The fourth-order valence-electron chi connectivity index (χ4n) is 3.62. The van der Waals surface area contributed by atoms with Gasteiger partial charge >= 0.3 is 18.3 Å². The second-order valence-electron chi connectivity index (χ2n) is 7.52. The zero-order valence-electron chi connectivity index (χ0n) is 17.3. The zero-order chi connectivity index (χ0) is 24.5. The monoisotopic (exact) mass is 470 g/mol. The van der Waals surface area contributed by atoms with E-state index in [1.807, 2.05) is 0 Å². The average molecular weight is 470 g/mol. The highest BCUT2D eigenvalue weighted by molar-refractivity contribution is 6.10. The molecule has 1 atom stereocenters. The van der Waals surface area contributed by atoms with Crippen LogP contribution in [-0.2, 0) is 21.6 Å². The van der Waals surface area contributed by atoms with Crippen LogP contribution in [0.1, 0.15) is 25.0 Å². The van der Waals surface area contributed by atoms with E-state index in [-0.39, 0.29) is 29.3 Å². The fourth-order valence-corrected chi connectivity index (χ4v) is 3.62. The van der Waals surface area contributed by atoms with Crippen LogP contribution in [0, 0.1) is 5.92 Å². The van der Waals surface area contributed by atoms with Crippen LogP contribution in [0.2, 0.25) is 0 Å². The molecular weight excluding hydrogens is 449 g/mol. The molecule has 0 fully saturated rings. The molecule has 1 aromatic rings. The van der Waals surface area contributed by atoms with Gasteiger partial charge in [-0.05, 0) is 30.0 Å². The molecule has 1 aliphatic rings. The number of hydrogen-bond donors (Lipinski definition) is 1. The summed E-state index contributed by atoms with van der Waals surface area (Å²) >= 11 is 0. The minimum atomic E-state index is -5.84. The summed E-state index contributed by atoms with van der Waals surface area (Å²) in [5.41, 5.74) is -6.48. The second-order valence-corrected chi connectivity index (χ2v) is 7.52. The van der Waals surface area contributed by atoms with E-state index >= 15 is 0 Å². The van der Waals surface area contributed by atoms with E-state index < -0.39 is 42.2 Å². The summed E-state index contributed by atoms with van der Waals surface area (Å²) in [4.78, 5) is 16.3. The van der Waals surface area contributed by atoms with Crippen molar-refractivity contribution in [1.82, 2.24) is 0 Å². The predicted octanol–water partition coefficient (Wildman–Crippen LogP) is 5.01. The molecular formula is C20H21F7N2O3. The van der Waals surface area contributed by atoms with Gasteiger partial charge in [0.1, 0.15) is 6.67 Å². The minimum Gasteiger partial charge on any atom is -0.479 e. The van der Waals surface area contributed by atoms with Crippen molar-refractivity contribution in [2.75, 3.05) is 18.7 Å². The van der Waals surface area contributed by atoms with E-state index in [0.717, 1.165) is 29.4 Å². The van der Waals surface area contributed by atoms with E-state index in [1.165, 1.54) is 0 Å². The molecule has 1 aliphatic heterocycles. The molecule has 5 nitrogen and oxygen atoms in total. The van der Waals surface area contributed by atoms with Gasteiger partial charge in [-0.3, -0.25) is 4.99 Å². The van der Waals surface area contributed by atoms with Crippen molar-refractivity contribution in [3.05, 3.63) is 41.7 Å². The van der Waals surface area contributed by atoms with E-state index in [4.69, 9.17) is 0 Å². The highest BCUT2D eigenvalue weighted by atomic mass is 19.4. The lowest BCUT2D eigenvalue weighted by molar-refractivity contribution is -0.383. The normalized spacial score (nSPS) is 17.7. The highest BCUT2D eigenvalue weighted by Gasteiger charge is 2.73. The van der Waals surface area contributed by atoms with Gasteiger partial charge < -0.3 is 14.7 Å². The number of aliphatic carboxylic acids is 1. The molecule has 0 amide bonds. The third kappa shape index (κ3) is 4.45. The number of hydrogen-bond acceptors (Lipinski definition) is 4. The molecule has 0 saturated heterocycles. The van der Waals surface area contributed by atoms with Gasteiger partial charge in [-0.25, -0.2) is 9.18 Å². The van der Waals surface area contributed by atoms with Crippen molar-refractivity contribution in [1.29, 1.82) is 0 Å². The molecule has 1 heterocycles. The Labute approximate surface area is 179 Å². The van der Waals surface area contributed by atoms with Gasteiger partial charge in [0.25, 0.3) is 5.60 Å². The lowest BCUT2D eigenvalue weighted by atomic mass is 9.84. The molecule has 0 bridgehead atoms. The molecule has 0 saturated carbocycles. The molecule has 0 aromatic heterocycles. The molecule has 2 rings (SSSR count). The number of carbonyl (C=O) groups is 1. The summed E-state index contributed by atoms with van der Waals surface area (Å²) in [6.07, 6.45) is -9.62. The maximum Gasteiger partial charge on any atom is 0.430 e. The smallest absolute Gasteiger partial charge is 0.430 e. The van der Waals surface area contributed by atoms with Gasteiger partial charge in [0, 0.05) is 30.8 Å². The van der Waals surface area contributed by atoms with E-state index in [0.29, 0.717) is 13.2 Å². The molecule has 0 spiro atoms. The van der Waals surface area contributed by atoms with Crippen LogP contribution >= 0.6 is 0 Å². The summed E-state index contributed by atoms with van der Waals surface area (Å²) < 4.78 is 100. The Kier molecular flexibility index (Phi) is 7.28. The van der Waals surface area contributed by atoms with E-state index in [2.05, 4.69) is 9.73 Å². The van der Waals surface area contributed by atoms with Crippen molar-refractivity contribution in [2.24, 2.45) is 10.9 Å². The van der Waals surface area contributed by atoms with Crippen LogP contribution in [0.25, 0.3) is 0 Å². The SMILES string of the molecule is COC(c1ccc(N2C=CN=C(CF)C2C(=O)O)cc1CC(C)C)(C(F)(F)F)C(F)(F)F. The van der Waals surface area contributed by atoms with Crippen LogP contribution in [0.4, 0.5) is 36.4 Å². The topological polar surface area (TPSA) is 62.1 Å². The Morgan fingerprint density at radius 3 is 2.22 bits per heavy atom. The molecule has 32 heavy (non-hydrogen) atoms. The van der Waals surface area contributed by atoms with Gasteiger partial charge in [0.15, 0.2) is 6.04 Å². The number of nitrogens with zero attached hydrogens (tertiary/aromatic N) is 2. The zero-order valence-corrected chi connectivity index (χ0v) is 17.3. The van der Waals surface area contributed by atoms with Gasteiger partial charge in [0.2, 0.25) is 0 Å². The predicted molar refractivity (Wildman–Crippen MR) is 102 cm³/mol. The van der Waals surface area contributed by atoms with Crippen molar-refractivity contribution < 1.29 is 45.4 Å². The van der Waals surface area contributed by atoms with E-state index in [1.54, 1.807) is 13.8 Å². The van der Waals surface area contributed by atoms with E-state index in [9.17, 15) is 40.6 Å². The number of carboxylic acid groups (broad SMARTS) is 1. The largest absolute Gasteiger partial charge is 0.479 e. The van der Waals surface area contributed by atoms with Crippen molar-refractivity contribution in [3.63, 3.8) is 0 Å². The Morgan fingerprint density at radius 2 is 1.78 bits per heavy atom. The lowest BCUT2D eigenvalue weighted by Crippen LogP contribution is -2.56. The third-order valence-corrected chi connectivity index (χ3v) is 4.93. The number of methoxy groups -OCH3 is 1. The molecule has 178 valence electrons. The first-order chi connectivity index (χ1) is 14.7. The number of halogens is 7. The summed E-state index contributed by atoms with van der Waals surface area (Å²) in [5, 5.41) is 9.48. The maximum absolute atomic E-state index is 13.8.